The molecule has 0 aliphatic carbocycles. The molecular formula is C8H10BrNOS. The fourth-order valence-corrected chi connectivity index (χ4v) is 2.06. The highest BCUT2D eigenvalue weighted by molar-refractivity contribution is 9.10. The third-order valence-electron chi connectivity index (χ3n) is 1.32. The number of aliphatic hydroxyl groups excluding tert-OH is 1. The van der Waals surface area contributed by atoms with E-state index >= 15 is 0 Å². The Kier molecular flexibility index (Phi) is 4.05. The zero-order chi connectivity index (χ0) is 8.97. The standard InChI is InChI=1S/C8H10BrNOS/c1-6(5-11)12-8-2-3-10-4-7(8)9/h2-4,6,11H,5H2,1H3. The van der Waals surface area contributed by atoms with Crippen LogP contribution < -0.4 is 0 Å². The molecule has 1 N–H and O–H groups in total. The van der Waals surface area contributed by atoms with Crippen molar-refractivity contribution in [2.24, 2.45) is 0 Å². The quantitative estimate of drug-likeness (QED) is 0.833. The number of nitrogens with zero attached hydrogens (tertiary/aromatic N) is 1. The van der Waals surface area contributed by atoms with Crippen LogP contribution in [0.4, 0.5) is 0 Å². The van der Waals surface area contributed by atoms with Gasteiger partial charge in [0.2, 0.25) is 0 Å². The molecular weight excluding hydrogens is 238 g/mol. The summed E-state index contributed by atoms with van der Waals surface area (Å²) in [5.41, 5.74) is 0. The molecule has 1 aromatic heterocycles. The average Bonchev–Trinajstić information content (AvgIpc) is 2.09. The summed E-state index contributed by atoms with van der Waals surface area (Å²) in [6.45, 7) is 2.18. The number of aliphatic hydroxyl groups is 1. The van der Waals surface area contributed by atoms with E-state index in [0.717, 1.165) is 9.37 Å². The number of aromatic nitrogens is 1. The summed E-state index contributed by atoms with van der Waals surface area (Å²) in [4.78, 5) is 5.07. The van der Waals surface area contributed by atoms with Crippen LogP contribution in [0, 0.1) is 0 Å². The Hall–Kier alpha value is -0.0600. The fourth-order valence-electron chi connectivity index (χ4n) is 0.712. The molecule has 1 rings (SSSR count). The monoisotopic (exact) mass is 247 g/mol. The molecule has 1 unspecified atom stereocenters. The SMILES string of the molecule is CC(CO)Sc1ccncc1Br. The Bertz CT molecular complexity index is 257. The van der Waals surface area contributed by atoms with Gasteiger partial charge in [-0.3, -0.25) is 4.98 Å². The van der Waals surface area contributed by atoms with E-state index in [2.05, 4.69) is 20.9 Å². The van der Waals surface area contributed by atoms with Gasteiger partial charge in [0.1, 0.15) is 0 Å². The maximum absolute atomic E-state index is 8.84. The molecule has 4 heteroatoms. The minimum absolute atomic E-state index is 0.194. The minimum atomic E-state index is 0.194. The predicted octanol–water partition coefficient (Wildman–Crippen LogP) is 2.32. The van der Waals surface area contributed by atoms with E-state index in [1.807, 2.05) is 13.0 Å². The summed E-state index contributed by atoms with van der Waals surface area (Å²) in [6.07, 6.45) is 3.50. The van der Waals surface area contributed by atoms with E-state index < -0.39 is 0 Å². The topological polar surface area (TPSA) is 33.1 Å². The molecule has 0 aromatic carbocycles. The normalized spacial score (nSPS) is 12.9. The molecule has 1 heterocycles. The van der Waals surface area contributed by atoms with Gasteiger partial charge >= 0.3 is 0 Å². The highest BCUT2D eigenvalue weighted by Gasteiger charge is 2.05. The van der Waals surface area contributed by atoms with Crippen molar-refractivity contribution in [1.82, 2.24) is 4.98 Å². The molecule has 0 aliphatic heterocycles. The number of pyridine rings is 1. The van der Waals surface area contributed by atoms with Gasteiger partial charge in [-0.15, -0.1) is 11.8 Å². The summed E-state index contributed by atoms with van der Waals surface area (Å²) >= 11 is 5.02. The molecule has 2 nitrogen and oxygen atoms in total. The third kappa shape index (κ3) is 2.77. The first-order valence-electron chi connectivity index (χ1n) is 3.61. The smallest absolute Gasteiger partial charge is 0.0550 e. The van der Waals surface area contributed by atoms with Crippen molar-refractivity contribution in [2.45, 2.75) is 17.1 Å². The Morgan fingerprint density at radius 2 is 2.50 bits per heavy atom. The van der Waals surface area contributed by atoms with E-state index in [1.165, 1.54) is 0 Å². The van der Waals surface area contributed by atoms with Crippen molar-refractivity contribution in [3.8, 4) is 0 Å². The van der Waals surface area contributed by atoms with Gasteiger partial charge in [0.25, 0.3) is 0 Å². The van der Waals surface area contributed by atoms with Crippen LogP contribution in [0.25, 0.3) is 0 Å². The molecule has 0 saturated carbocycles. The van der Waals surface area contributed by atoms with E-state index in [9.17, 15) is 0 Å². The molecule has 66 valence electrons. The number of hydrogen-bond acceptors (Lipinski definition) is 3. The van der Waals surface area contributed by atoms with Gasteiger partial charge in [0.15, 0.2) is 0 Å². The minimum Gasteiger partial charge on any atom is -0.395 e. The van der Waals surface area contributed by atoms with Gasteiger partial charge < -0.3 is 5.11 Å². The lowest BCUT2D eigenvalue weighted by Gasteiger charge is -2.07. The number of rotatable bonds is 3. The van der Waals surface area contributed by atoms with Crippen LogP contribution in [0.3, 0.4) is 0 Å². The van der Waals surface area contributed by atoms with E-state index in [0.29, 0.717) is 0 Å². The zero-order valence-electron chi connectivity index (χ0n) is 6.70. The average molecular weight is 248 g/mol. The highest BCUT2D eigenvalue weighted by Crippen LogP contribution is 2.29. The van der Waals surface area contributed by atoms with Crippen LogP contribution in [-0.2, 0) is 0 Å². The zero-order valence-corrected chi connectivity index (χ0v) is 9.10. The van der Waals surface area contributed by atoms with Crippen LogP contribution in [-0.4, -0.2) is 21.9 Å². The van der Waals surface area contributed by atoms with Crippen molar-refractivity contribution >= 4 is 27.7 Å². The Morgan fingerprint density at radius 1 is 1.75 bits per heavy atom. The lowest BCUT2D eigenvalue weighted by Crippen LogP contribution is -2.01. The molecule has 0 aliphatic rings. The van der Waals surface area contributed by atoms with Crippen molar-refractivity contribution in [3.05, 3.63) is 22.9 Å². The van der Waals surface area contributed by atoms with E-state index in [1.54, 1.807) is 24.2 Å². The first-order valence-corrected chi connectivity index (χ1v) is 5.28. The molecule has 0 fully saturated rings. The molecule has 0 spiro atoms. The summed E-state index contributed by atoms with van der Waals surface area (Å²) < 4.78 is 0.982. The Balaban J connectivity index is 2.69. The van der Waals surface area contributed by atoms with Crippen LogP contribution >= 0.6 is 27.7 Å². The molecule has 12 heavy (non-hydrogen) atoms. The fraction of sp³-hybridized carbons (Fsp3) is 0.375. The largest absolute Gasteiger partial charge is 0.395 e. The first kappa shape index (κ1) is 10.0. The molecule has 0 radical (unpaired) electrons. The Morgan fingerprint density at radius 3 is 3.08 bits per heavy atom. The lowest BCUT2D eigenvalue weighted by molar-refractivity contribution is 0.300. The van der Waals surface area contributed by atoms with Crippen molar-refractivity contribution < 1.29 is 5.11 Å². The molecule has 1 aromatic rings. The van der Waals surface area contributed by atoms with Crippen LogP contribution in [0.1, 0.15) is 6.92 Å². The number of halogens is 1. The number of hydrogen-bond donors (Lipinski definition) is 1. The molecule has 0 bridgehead atoms. The molecule has 1 atom stereocenters. The van der Waals surface area contributed by atoms with Crippen molar-refractivity contribution in [2.75, 3.05) is 6.61 Å². The van der Waals surface area contributed by atoms with Crippen LogP contribution in [0.2, 0.25) is 0 Å². The molecule has 0 amide bonds. The second-order valence-electron chi connectivity index (χ2n) is 2.42. The van der Waals surface area contributed by atoms with Gasteiger partial charge in [-0.25, -0.2) is 0 Å². The maximum Gasteiger partial charge on any atom is 0.0550 e. The van der Waals surface area contributed by atoms with Gasteiger partial charge in [-0.05, 0) is 22.0 Å². The van der Waals surface area contributed by atoms with E-state index in [4.69, 9.17) is 5.11 Å². The van der Waals surface area contributed by atoms with Crippen LogP contribution in [0.15, 0.2) is 27.8 Å². The summed E-state index contributed by atoms with van der Waals surface area (Å²) in [6, 6.07) is 1.93. The summed E-state index contributed by atoms with van der Waals surface area (Å²) in [7, 11) is 0. The van der Waals surface area contributed by atoms with Gasteiger partial charge in [0.05, 0.1) is 6.61 Å². The van der Waals surface area contributed by atoms with Crippen molar-refractivity contribution in [3.63, 3.8) is 0 Å². The molecule has 0 saturated heterocycles. The summed E-state index contributed by atoms with van der Waals surface area (Å²) in [5, 5.41) is 9.06. The summed E-state index contributed by atoms with van der Waals surface area (Å²) in [5.74, 6) is 0. The maximum atomic E-state index is 8.84. The first-order chi connectivity index (χ1) is 5.74. The Labute approximate surface area is 84.5 Å². The van der Waals surface area contributed by atoms with E-state index in [-0.39, 0.29) is 11.9 Å². The predicted molar refractivity (Wildman–Crippen MR) is 54.3 cm³/mol. The van der Waals surface area contributed by atoms with Crippen molar-refractivity contribution in [1.29, 1.82) is 0 Å². The second-order valence-corrected chi connectivity index (χ2v) is 4.75. The third-order valence-corrected chi connectivity index (χ3v) is 3.38. The lowest BCUT2D eigenvalue weighted by atomic mass is 10.5. The van der Waals surface area contributed by atoms with Gasteiger partial charge in [-0.2, -0.15) is 0 Å². The van der Waals surface area contributed by atoms with Gasteiger partial charge in [-0.1, -0.05) is 6.92 Å². The van der Waals surface area contributed by atoms with Gasteiger partial charge in [0, 0.05) is 27.0 Å². The highest BCUT2D eigenvalue weighted by atomic mass is 79.9. The number of thioether (sulfide) groups is 1. The second kappa shape index (κ2) is 4.84. The van der Waals surface area contributed by atoms with Crippen LogP contribution in [0.5, 0.6) is 0 Å².